The molecule has 0 unspecified atom stereocenters. The molecule has 0 aromatic heterocycles. The fourth-order valence-corrected chi connectivity index (χ4v) is 4.67. The molecular formula is C22H25ClN4O3S. The fourth-order valence-electron chi connectivity index (χ4n) is 3.06. The number of halogens is 1. The lowest BCUT2D eigenvalue weighted by Crippen LogP contribution is -2.28. The molecule has 0 spiro atoms. The first-order valence-corrected chi connectivity index (χ1v) is 11.6. The Labute approximate surface area is 188 Å². The quantitative estimate of drug-likeness (QED) is 0.614. The Morgan fingerprint density at radius 2 is 1.87 bits per heavy atom. The Hall–Kier alpha value is -2.68. The number of carbonyl (C=O) groups excluding carboxylic acids is 1. The minimum atomic E-state index is -3.74. The zero-order valence-corrected chi connectivity index (χ0v) is 19.0. The number of benzene rings is 2. The molecule has 0 aliphatic carbocycles. The average Bonchev–Trinajstić information content (AvgIpc) is 3.29. The Morgan fingerprint density at radius 1 is 1.16 bits per heavy atom. The molecule has 0 atom stereocenters. The maximum Gasteiger partial charge on any atom is 0.246 e. The van der Waals surface area contributed by atoms with E-state index in [0.717, 1.165) is 34.4 Å². The summed E-state index contributed by atoms with van der Waals surface area (Å²) in [5.41, 5.74) is 2.02. The molecule has 0 bridgehead atoms. The molecule has 31 heavy (non-hydrogen) atoms. The molecular weight excluding hydrogens is 436 g/mol. The number of nitrogens with zero attached hydrogens (tertiary/aromatic N) is 3. The minimum absolute atomic E-state index is 0.0400. The Bertz CT molecular complexity index is 1100. The first-order chi connectivity index (χ1) is 14.8. The third kappa shape index (κ3) is 5.72. The van der Waals surface area contributed by atoms with Crippen LogP contribution >= 0.6 is 11.6 Å². The van der Waals surface area contributed by atoms with Crippen LogP contribution in [0.25, 0.3) is 0 Å². The van der Waals surface area contributed by atoms with Crippen molar-refractivity contribution in [2.24, 2.45) is 4.99 Å². The van der Waals surface area contributed by atoms with Gasteiger partial charge in [0.25, 0.3) is 0 Å². The summed E-state index contributed by atoms with van der Waals surface area (Å²) in [6, 6.07) is 14.2. The highest BCUT2D eigenvalue weighted by molar-refractivity contribution is 7.89. The largest absolute Gasteiger partial charge is 0.368 e. The molecule has 9 heteroatoms. The topological polar surface area (TPSA) is 82.1 Å². The van der Waals surface area contributed by atoms with E-state index in [0.29, 0.717) is 6.54 Å². The van der Waals surface area contributed by atoms with E-state index in [2.05, 4.69) is 10.3 Å². The van der Waals surface area contributed by atoms with Crippen LogP contribution in [0, 0.1) is 0 Å². The van der Waals surface area contributed by atoms with Gasteiger partial charge in [0.15, 0.2) is 0 Å². The van der Waals surface area contributed by atoms with Crippen LogP contribution in [0.15, 0.2) is 70.6 Å². The van der Waals surface area contributed by atoms with Gasteiger partial charge in [0.05, 0.1) is 11.6 Å². The van der Waals surface area contributed by atoms with Crippen molar-refractivity contribution >= 4 is 33.4 Å². The molecule has 0 saturated carbocycles. The first-order valence-electron chi connectivity index (χ1n) is 9.79. The number of sulfonamides is 1. The standard InChI is InChI=1S/C22H25ClN4O3S/c1-26(16-17-9-11-18(12-10-17)22-24-13-14-25-22)21(28)8-5-15-27(2)31(29,30)20-7-4-3-6-19(20)23/h3-12H,13-16H2,1-2H3,(H,24,25)/b8-5+. The summed E-state index contributed by atoms with van der Waals surface area (Å²) in [6.07, 6.45) is 2.91. The van der Waals surface area contributed by atoms with Gasteiger partial charge in [-0.15, -0.1) is 0 Å². The van der Waals surface area contributed by atoms with E-state index in [9.17, 15) is 13.2 Å². The van der Waals surface area contributed by atoms with Crippen molar-refractivity contribution < 1.29 is 13.2 Å². The van der Waals surface area contributed by atoms with Crippen LogP contribution < -0.4 is 5.32 Å². The third-order valence-corrected chi connectivity index (χ3v) is 7.17. The van der Waals surface area contributed by atoms with Gasteiger partial charge in [0.2, 0.25) is 15.9 Å². The molecule has 164 valence electrons. The SMILES string of the molecule is CN(Cc1ccc(C2=NCCN2)cc1)C(=O)/C=C/CN(C)S(=O)(=O)c1ccccc1Cl. The summed E-state index contributed by atoms with van der Waals surface area (Å²) in [4.78, 5) is 18.4. The van der Waals surface area contributed by atoms with E-state index in [1.54, 1.807) is 24.1 Å². The lowest BCUT2D eigenvalue weighted by Gasteiger charge is -2.17. The van der Waals surface area contributed by atoms with Crippen molar-refractivity contribution in [2.45, 2.75) is 11.4 Å². The van der Waals surface area contributed by atoms with Crippen LogP contribution in [0.2, 0.25) is 5.02 Å². The Balaban J connectivity index is 1.55. The van der Waals surface area contributed by atoms with Crippen LogP contribution in [0.5, 0.6) is 0 Å². The van der Waals surface area contributed by atoms with Crippen molar-refractivity contribution in [2.75, 3.05) is 33.7 Å². The molecule has 0 radical (unpaired) electrons. The molecule has 1 N–H and O–H groups in total. The number of nitrogens with one attached hydrogen (secondary N) is 1. The van der Waals surface area contributed by atoms with E-state index in [1.165, 1.54) is 31.3 Å². The maximum absolute atomic E-state index is 12.6. The molecule has 3 rings (SSSR count). The average molecular weight is 461 g/mol. The van der Waals surface area contributed by atoms with E-state index in [1.807, 2.05) is 24.3 Å². The lowest BCUT2D eigenvalue weighted by molar-refractivity contribution is -0.125. The van der Waals surface area contributed by atoms with Crippen LogP contribution in [-0.2, 0) is 21.4 Å². The van der Waals surface area contributed by atoms with Gasteiger partial charge in [-0.2, -0.15) is 4.31 Å². The normalized spacial score (nSPS) is 14.0. The molecule has 1 amide bonds. The van der Waals surface area contributed by atoms with Gasteiger partial charge in [0, 0.05) is 45.4 Å². The summed E-state index contributed by atoms with van der Waals surface area (Å²) >= 11 is 6.01. The second kappa shape index (κ2) is 10.1. The third-order valence-electron chi connectivity index (χ3n) is 4.85. The zero-order chi connectivity index (χ0) is 22.4. The number of hydrogen-bond donors (Lipinski definition) is 1. The van der Waals surface area contributed by atoms with Crippen LogP contribution in [0.4, 0.5) is 0 Å². The smallest absolute Gasteiger partial charge is 0.246 e. The van der Waals surface area contributed by atoms with Gasteiger partial charge >= 0.3 is 0 Å². The predicted octanol–water partition coefficient (Wildman–Crippen LogP) is 2.53. The van der Waals surface area contributed by atoms with Crippen molar-refractivity contribution in [3.63, 3.8) is 0 Å². The number of aliphatic imine (C=N–C) groups is 1. The first kappa shape index (κ1) is 23.0. The van der Waals surface area contributed by atoms with Crippen molar-refractivity contribution in [3.8, 4) is 0 Å². The number of rotatable bonds is 8. The summed E-state index contributed by atoms with van der Waals surface area (Å²) < 4.78 is 26.4. The van der Waals surface area contributed by atoms with Gasteiger partial charge in [-0.3, -0.25) is 9.79 Å². The molecule has 1 aliphatic heterocycles. The van der Waals surface area contributed by atoms with Gasteiger partial charge < -0.3 is 10.2 Å². The zero-order valence-electron chi connectivity index (χ0n) is 17.5. The van der Waals surface area contributed by atoms with Crippen molar-refractivity contribution in [3.05, 3.63) is 76.8 Å². The van der Waals surface area contributed by atoms with Gasteiger partial charge in [-0.1, -0.05) is 54.1 Å². The number of amides is 1. The highest BCUT2D eigenvalue weighted by atomic mass is 35.5. The van der Waals surface area contributed by atoms with E-state index < -0.39 is 10.0 Å². The van der Waals surface area contributed by atoms with Crippen molar-refractivity contribution in [1.82, 2.24) is 14.5 Å². The number of hydrogen-bond acceptors (Lipinski definition) is 5. The molecule has 1 aliphatic rings. The van der Waals surface area contributed by atoms with Crippen LogP contribution in [-0.4, -0.2) is 63.1 Å². The monoisotopic (exact) mass is 460 g/mol. The second-order valence-electron chi connectivity index (χ2n) is 7.17. The molecule has 1 heterocycles. The molecule has 7 nitrogen and oxygen atoms in total. The van der Waals surface area contributed by atoms with Gasteiger partial charge in [-0.05, 0) is 17.7 Å². The van der Waals surface area contributed by atoms with Crippen molar-refractivity contribution in [1.29, 1.82) is 0 Å². The van der Waals surface area contributed by atoms with Crippen LogP contribution in [0.3, 0.4) is 0 Å². The highest BCUT2D eigenvalue weighted by Crippen LogP contribution is 2.23. The maximum atomic E-state index is 12.6. The fraction of sp³-hybridized carbons (Fsp3) is 0.273. The number of amidine groups is 1. The van der Waals surface area contributed by atoms with Gasteiger partial charge in [0.1, 0.15) is 10.7 Å². The van der Waals surface area contributed by atoms with E-state index in [-0.39, 0.29) is 22.4 Å². The summed E-state index contributed by atoms with van der Waals surface area (Å²) in [5.74, 6) is 0.684. The highest BCUT2D eigenvalue weighted by Gasteiger charge is 2.22. The molecule has 0 fully saturated rings. The number of likely N-dealkylation sites (N-methyl/N-ethyl adjacent to an activating group) is 2. The summed E-state index contributed by atoms with van der Waals surface area (Å²) in [7, 11) is -0.589. The predicted molar refractivity (Wildman–Crippen MR) is 123 cm³/mol. The molecule has 2 aromatic carbocycles. The molecule has 0 saturated heterocycles. The van der Waals surface area contributed by atoms with E-state index in [4.69, 9.17) is 11.6 Å². The Morgan fingerprint density at radius 3 is 2.52 bits per heavy atom. The van der Waals surface area contributed by atoms with Gasteiger partial charge in [-0.25, -0.2) is 8.42 Å². The lowest BCUT2D eigenvalue weighted by atomic mass is 10.1. The number of carbonyl (C=O) groups is 1. The summed E-state index contributed by atoms with van der Waals surface area (Å²) in [6.45, 7) is 2.14. The van der Waals surface area contributed by atoms with Crippen LogP contribution in [0.1, 0.15) is 11.1 Å². The van der Waals surface area contributed by atoms with E-state index >= 15 is 0 Å². The second-order valence-corrected chi connectivity index (χ2v) is 9.59. The minimum Gasteiger partial charge on any atom is -0.368 e. The Kier molecular flexibility index (Phi) is 7.48. The molecule has 2 aromatic rings. The summed E-state index contributed by atoms with van der Waals surface area (Å²) in [5, 5.41) is 3.39.